The van der Waals surface area contributed by atoms with Gasteiger partial charge in [-0.3, -0.25) is 5.11 Å². The lowest BCUT2D eigenvalue weighted by Gasteiger charge is -2.06. The molecule has 0 spiro atoms. The highest BCUT2D eigenvalue weighted by atomic mass is 16.3. The second kappa shape index (κ2) is 2.53. The van der Waals surface area contributed by atoms with Crippen molar-refractivity contribution in [2.24, 2.45) is 0 Å². The molecule has 0 bridgehead atoms. The van der Waals surface area contributed by atoms with Crippen LogP contribution < -0.4 is 0 Å². The second-order valence-corrected chi connectivity index (χ2v) is 2.88. The summed E-state index contributed by atoms with van der Waals surface area (Å²) in [6, 6.07) is 0. The van der Waals surface area contributed by atoms with Gasteiger partial charge >= 0.3 is 0 Å². The quantitative estimate of drug-likeness (QED) is 0.559. The third kappa shape index (κ3) is 1.20. The number of nitrogens with zero attached hydrogens (tertiary/aromatic N) is 1. The van der Waals surface area contributed by atoms with Crippen molar-refractivity contribution in [3.05, 3.63) is 22.4 Å². The summed E-state index contributed by atoms with van der Waals surface area (Å²) in [6.07, 6.45) is 0. The summed E-state index contributed by atoms with van der Waals surface area (Å²) in [7, 11) is 0. The fourth-order valence-corrected chi connectivity index (χ4v) is 1.03. The molecule has 1 rings (SSSR count). The zero-order valence-electron chi connectivity index (χ0n) is 7.36. The molecule has 1 aromatic rings. The van der Waals surface area contributed by atoms with Crippen LogP contribution in [0.2, 0.25) is 0 Å². The lowest BCUT2D eigenvalue weighted by atomic mass is 10.1. The summed E-state index contributed by atoms with van der Waals surface area (Å²) in [5.74, 6) is -0.0920. The standard InChI is InChI=1S/C9H12NO/c1-5-6(2)8(4)10-9(11)7(5)3/h1-4H3. The van der Waals surface area contributed by atoms with Crippen LogP contribution in [0.1, 0.15) is 22.4 Å². The van der Waals surface area contributed by atoms with E-state index in [1.807, 2.05) is 27.7 Å². The van der Waals surface area contributed by atoms with E-state index in [-0.39, 0.29) is 5.88 Å². The third-order valence-corrected chi connectivity index (χ3v) is 2.26. The first-order valence-electron chi connectivity index (χ1n) is 3.65. The Hall–Kier alpha value is -1.05. The van der Waals surface area contributed by atoms with Crippen molar-refractivity contribution >= 4 is 0 Å². The first kappa shape index (κ1) is 8.05. The normalized spacial score (nSPS) is 10.2. The smallest absolute Gasteiger partial charge is 0.267 e. The molecule has 0 aliphatic rings. The Labute approximate surface area is 66.9 Å². The highest BCUT2D eigenvalue weighted by Gasteiger charge is 2.07. The number of pyridine rings is 1. The summed E-state index contributed by atoms with van der Waals surface area (Å²) < 4.78 is 0. The van der Waals surface area contributed by atoms with Crippen LogP contribution in [0, 0.1) is 27.7 Å². The molecular formula is C9H12NO. The first-order chi connectivity index (χ1) is 5.04. The topological polar surface area (TPSA) is 32.8 Å². The van der Waals surface area contributed by atoms with Crippen LogP contribution in [0.5, 0.6) is 5.88 Å². The van der Waals surface area contributed by atoms with Gasteiger partial charge in [-0.15, -0.1) is 0 Å². The van der Waals surface area contributed by atoms with Gasteiger partial charge in [-0.1, -0.05) is 0 Å². The molecule has 0 aliphatic heterocycles. The minimum absolute atomic E-state index is 0.0920. The summed E-state index contributed by atoms with van der Waals surface area (Å²) >= 11 is 0. The number of aryl methyl sites for hydroxylation is 1. The van der Waals surface area contributed by atoms with Crippen LogP contribution in [0.25, 0.3) is 0 Å². The van der Waals surface area contributed by atoms with Crippen molar-refractivity contribution in [3.63, 3.8) is 0 Å². The molecule has 2 heteroatoms. The number of hydrogen-bond donors (Lipinski definition) is 0. The van der Waals surface area contributed by atoms with Crippen LogP contribution in [-0.4, -0.2) is 4.98 Å². The van der Waals surface area contributed by atoms with Crippen LogP contribution in [0.3, 0.4) is 0 Å². The van der Waals surface area contributed by atoms with Crippen molar-refractivity contribution in [3.8, 4) is 5.88 Å². The van der Waals surface area contributed by atoms with Crippen molar-refractivity contribution in [2.45, 2.75) is 27.7 Å². The molecule has 0 saturated heterocycles. The van der Waals surface area contributed by atoms with Crippen molar-refractivity contribution in [2.75, 3.05) is 0 Å². The lowest BCUT2D eigenvalue weighted by Crippen LogP contribution is -1.94. The van der Waals surface area contributed by atoms with Gasteiger partial charge in [0.05, 0.1) is 0 Å². The van der Waals surface area contributed by atoms with Crippen LogP contribution in [0.15, 0.2) is 0 Å². The first-order valence-corrected chi connectivity index (χ1v) is 3.65. The Morgan fingerprint density at radius 1 is 0.909 bits per heavy atom. The number of rotatable bonds is 0. The monoisotopic (exact) mass is 150 g/mol. The predicted molar refractivity (Wildman–Crippen MR) is 43.3 cm³/mol. The number of hydrogen-bond acceptors (Lipinski definition) is 1. The summed E-state index contributed by atoms with van der Waals surface area (Å²) in [4.78, 5) is 3.88. The molecule has 2 nitrogen and oxygen atoms in total. The van der Waals surface area contributed by atoms with Gasteiger partial charge in [0.1, 0.15) is 0 Å². The van der Waals surface area contributed by atoms with E-state index in [1.165, 1.54) is 0 Å². The predicted octanol–water partition coefficient (Wildman–Crippen LogP) is 2.46. The van der Waals surface area contributed by atoms with Gasteiger partial charge in [-0.05, 0) is 38.8 Å². The van der Waals surface area contributed by atoms with E-state index < -0.39 is 0 Å². The van der Waals surface area contributed by atoms with E-state index in [0.717, 1.165) is 22.4 Å². The molecule has 0 unspecified atom stereocenters. The molecular weight excluding hydrogens is 138 g/mol. The van der Waals surface area contributed by atoms with E-state index in [0.29, 0.717) is 0 Å². The van der Waals surface area contributed by atoms with Crippen LogP contribution in [-0.2, 0) is 5.11 Å². The van der Waals surface area contributed by atoms with E-state index >= 15 is 0 Å². The van der Waals surface area contributed by atoms with Gasteiger partial charge in [0, 0.05) is 11.3 Å². The zero-order valence-corrected chi connectivity index (χ0v) is 7.36. The lowest BCUT2D eigenvalue weighted by molar-refractivity contribution is 0.332. The molecule has 0 amide bonds. The molecule has 59 valence electrons. The number of aromatic nitrogens is 1. The van der Waals surface area contributed by atoms with Gasteiger partial charge in [0.15, 0.2) is 0 Å². The minimum Gasteiger partial charge on any atom is -0.267 e. The second-order valence-electron chi connectivity index (χ2n) is 2.88. The molecule has 1 radical (unpaired) electrons. The summed E-state index contributed by atoms with van der Waals surface area (Å²) in [5.41, 5.74) is 3.82. The molecule has 11 heavy (non-hydrogen) atoms. The highest BCUT2D eigenvalue weighted by Crippen LogP contribution is 2.22. The SMILES string of the molecule is Cc1nc([O])c(C)c(C)c1C. The Bertz CT molecular complexity index is 266. The third-order valence-electron chi connectivity index (χ3n) is 2.26. The van der Waals surface area contributed by atoms with E-state index in [9.17, 15) is 5.11 Å². The Morgan fingerprint density at radius 2 is 1.45 bits per heavy atom. The molecule has 1 aromatic heterocycles. The van der Waals surface area contributed by atoms with Crippen molar-refractivity contribution < 1.29 is 5.11 Å². The van der Waals surface area contributed by atoms with Gasteiger partial charge in [0.25, 0.3) is 5.88 Å². The summed E-state index contributed by atoms with van der Waals surface area (Å²) in [5, 5.41) is 11.1. The Balaban J connectivity index is 3.46. The molecule has 0 atom stereocenters. The molecule has 1 heterocycles. The molecule has 0 aliphatic carbocycles. The average Bonchev–Trinajstić information content (AvgIpc) is 1.97. The van der Waals surface area contributed by atoms with Gasteiger partial charge in [-0.2, -0.15) is 0 Å². The Morgan fingerprint density at radius 3 is 2.00 bits per heavy atom. The molecule has 0 saturated carbocycles. The minimum atomic E-state index is -0.0920. The largest absolute Gasteiger partial charge is 0.273 e. The van der Waals surface area contributed by atoms with Gasteiger partial charge < -0.3 is 0 Å². The fraction of sp³-hybridized carbons (Fsp3) is 0.444. The van der Waals surface area contributed by atoms with Gasteiger partial charge in [-0.25, -0.2) is 4.98 Å². The maximum Gasteiger partial charge on any atom is 0.273 e. The zero-order chi connectivity index (χ0) is 8.59. The van der Waals surface area contributed by atoms with E-state index in [2.05, 4.69) is 4.98 Å². The maximum absolute atomic E-state index is 11.1. The molecule has 0 fully saturated rings. The summed E-state index contributed by atoms with van der Waals surface area (Å²) in [6.45, 7) is 7.63. The highest BCUT2D eigenvalue weighted by molar-refractivity contribution is 5.39. The maximum atomic E-state index is 11.1. The Kier molecular flexibility index (Phi) is 1.85. The van der Waals surface area contributed by atoms with Crippen molar-refractivity contribution in [1.82, 2.24) is 4.98 Å². The van der Waals surface area contributed by atoms with Crippen LogP contribution >= 0.6 is 0 Å². The van der Waals surface area contributed by atoms with Gasteiger partial charge in [0.2, 0.25) is 0 Å². The van der Waals surface area contributed by atoms with Crippen molar-refractivity contribution in [1.29, 1.82) is 0 Å². The fourth-order valence-electron chi connectivity index (χ4n) is 1.03. The molecule has 0 N–H and O–H groups in total. The average molecular weight is 150 g/mol. The van der Waals surface area contributed by atoms with E-state index in [1.54, 1.807) is 0 Å². The van der Waals surface area contributed by atoms with Crippen LogP contribution in [0.4, 0.5) is 0 Å². The molecule has 0 aromatic carbocycles. The van der Waals surface area contributed by atoms with E-state index in [4.69, 9.17) is 0 Å².